The summed E-state index contributed by atoms with van der Waals surface area (Å²) in [6.07, 6.45) is 0. The topological polar surface area (TPSA) is 0 Å². The summed E-state index contributed by atoms with van der Waals surface area (Å²) in [5.41, 5.74) is 12.3. The predicted octanol–water partition coefficient (Wildman–Crippen LogP) is 14.6. The SMILES string of the molecule is c1ccc(-c2ccccc2-c2cccc3c(-c4cccc5ccccc45)c4ccccc4c(-c4ccccc4-c4ccc5ccccc5c4)c23)cc1. The van der Waals surface area contributed by atoms with Crippen molar-refractivity contribution in [1.82, 2.24) is 0 Å². The van der Waals surface area contributed by atoms with E-state index in [1.165, 1.54) is 98.7 Å². The predicted molar refractivity (Wildman–Crippen MR) is 224 cm³/mol. The van der Waals surface area contributed by atoms with Crippen LogP contribution in [0.15, 0.2) is 206 Å². The Hall–Kier alpha value is -6.76. The van der Waals surface area contributed by atoms with E-state index in [-0.39, 0.29) is 0 Å². The van der Waals surface area contributed by atoms with Gasteiger partial charge >= 0.3 is 0 Å². The summed E-state index contributed by atoms with van der Waals surface area (Å²) in [6, 6.07) is 75.6. The minimum absolute atomic E-state index is 1.21. The average molecular weight is 659 g/mol. The second-order valence-corrected chi connectivity index (χ2v) is 13.6. The maximum atomic E-state index is 2.34. The summed E-state index contributed by atoms with van der Waals surface area (Å²) in [7, 11) is 0. The van der Waals surface area contributed by atoms with Crippen molar-refractivity contribution >= 4 is 43.1 Å². The molecule has 0 aliphatic carbocycles. The van der Waals surface area contributed by atoms with Crippen LogP contribution in [0.2, 0.25) is 0 Å². The van der Waals surface area contributed by atoms with Gasteiger partial charge in [-0.15, -0.1) is 0 Å². The molecule has 0 bridgehead atoms. The van der Waals surface area contributed by atoms with Crippen molar-refractivity contribution in [2.45, 2.75) is 0 Å². The fourth-order valence-corrected chi connectivity index (χ4v) is 8.36. The first-order valence-electron chi connectivity index (χ1n) is 18.0. The summed E-state index contributed by atoms with van der Waals surface area (Å²) in [5.74, 6) is 0. The maximum absolute atomic E-state index is 2.34. The van der Waals surface area contributed by atoms with Gasteiger partial charge in [0.1, 0.15) is 0 Å². The second-order valence-electron chi connectivity index (χ2n) is 13.6. The Balaban J connectivity index is 1.39. The molecular formula is C52H34. The van der Waals surface area contributed by atoms with Crippen molar-refractivity contribution < 1.29 is 0 Å². The largest absolute Gasteiger partial charge is 0.0622 e. The monoisotopic (exact) mass is 658 g/mol. The lowest BCUT2D eigenvalue weighted by atomic mass is 9.80. The number of hydrogen-bond acceptors (Lipinski definition) is 0. The van der Waals surface area contributed by atoms with Crippen molar-refractivity contribution in [2.24, 2.45) is 0 Å². The highest BCUT2D eigenvalue weighted by molar-refractivity contribution is 6.27. The van der Waals surface area contributed by atoms with Crippen LogP contribution in [-0.2, 0) is 0 Å². The lowest BCUT2D eigenvalue weighted by molar-refractivity contribution is 1.59. The lowest BCUT2D eigenvalue weighted by Gasteiger charge is -2.23. The zero-order chi connectivity index (χ0) is 34.4. The van der Waals surface area contributed by atoms with Gasteiger partial charge in [0.05, 0.1) is 0 Å². The molecule has 0 atom stereocenters. The molecule has 10 rings (SSSR count). The number of hydrogen-bond donors (Lipinski definition) is 0. The van der Waals surface area contributed by atoms with Gasteiger partial charge in [-0.25, -0.2) is 0 Å². The third kappa shape index (κ3) is 4.92. The highest BCUT2D eigenvalue weighted by Gasteiger charge is 2.23. The Bertz CT molecular complexity index is 2940. The van der Waals surface area contributed by atoms with E-state index >= 15 is 0 Å². The highest BCUT2D eigenvalue weighted by Crippen LogP contribution is 2.50. The summed E-state index contributed by atoms with van der Waals surface area (Å²) >= 11 is 0. The molecular weight excluding hydrogens is 625 g/mol. The van der Waals surface area contributed by atoms with E-state index in [0.717, 1.165) is 0 Å². The summed E-state index contributed by atoms with van der Waals surface area (Å²) < 4.78 is 0. The summed E-state index contributed by atoms with van der Waals surface area (Å²) in [5, 5.41) is 10.0. The normalized spacial score (nSPS) is 11.5. The Morgan fingerprint density at radius 1 is 0.212 bits per heavy atom. The third-order valence-corrected chi connectivity index (χ3v) is 10.7. The molecule has 10 aromatic rings. The quantitative estimate of drug-likeness (QED) is 0.161. The molecule has 0 aliphatic heterocycles. The average Bonchev–Trinajstić information content (AvgIpc) is 3.22. The molecule has 0 nitrogen and oxygen atoms in total. The van der Waals surface area contributed by atoms with Crippen LogP contribution >= 0.6 is 0 Å². The van der Waals surface area contributed by atoms with E-state index in [2.05, 4.69) is 206 Å². The zero-order valence-electron chi connectivity index (χ0n) is 28.6. The smallest absolute Gasteiger partial charge is 0.00137 e. The first-order valence-corrected chi connectivity index (χ1v) is 18.0. The Morgan fingerprint density at radius 2 is 0.712 bits per heavy atom. The van der Waals surface area contributed by atoms with Crippen LogP contribution in [0.1, 0.15) is 0 Å². The lowest BCUT2D eigenvalue weighted by Crippen LogP contribution is -1.96. The number of rotatable bonds is 5. The van der Waals surface area contributed by atoms with Gasteiger partial charge in [-0.2, -0.15) is 0 Å². The molecule has 0 heterocycles. The molecule has 0 spiro atoms. The van der Waals surface area contributed by atoms with E-state index < -0.39 is 0 Å². The molecule has 0 heteroatoms. The molecule has 0 amide bonds. The second kappa shape index (κ2) is 12.5. The van der Waals surface area contributed by atoms with Crippen LogP contribution in [0.25, 0.3) is 98.7 Å². The standard InChI is InChI=1S/C52H34/c1-2-17-36(18-3-1)40-22-8-10-25-43(40)46-30-15-31-49-50(44-29-14-21-37-19-6-7-23-41(37)44)47-27-12-13-28-48(47)51(52(46)49)45-26-11-9-24-42(45)39-33-32-35-16-4-5-20-38(35)34-39/h1-34H. The van der Waals surface area contributed by atoms with Crippen LogP contribution in [0, 0.1) is 0 Å². The molecule has 0 N–H and O–H groups in total. The third-order valence-electron chi connectivity index (χ3n) is 10.7. The highest BCUT2D eigenvalue weighted by atomic mass is 14.3. The van der Waals surface area contributed by atoms with E-state index in [0.29, 0.717) is 0 Å². The van der Waals surface area contributed by atoms with E-state index in [9.17, 15) is 0 Å². The fourth-order valence-electron chi connectivity index (χ4n) is 8.36. The van der Waals surface area contributed by atoms with E-state index in [4.69, 9.17) is 0 Å². The maximum Gasteiger partial charge on any atom is -0.00137 e. The van der Waals surface area contributed by atoms with Crippen molar-refractivity contribution in [2.75, 3.05) is 0 Å². The van der Waals surface area contributed by atoms with Gasteiger partial charge in [0.2, 0.25) is 0 Å². The Labute approximate surface area is 303 Å². The molecule has 0 radical (unpaired) electrons. The van der Waals surface area contributed by atoms with Gasteiger partial charge in [-0.3, -0.25) is 0 Å². The van der Waals surface area contributed by atoms with Gasteiger partial charge in [-0.1, -0.05) is 200 Å². The summed E-state index contributed by atoms with van der Waals surface area (Å²) in [6.45, 7) is 0. The van der Waals surface area contributed by atoms with Crippen molar-refractivity contribution in [3.8, 4) is 55.6 Å². The minimum Gasteiger partial charge on any atom is -0.0622 e. The molecule has 0 aliphatic rings. The fraction of sp³-hybridized carbons (Fsp3) is 0. The minimum atomic E-state index is 1.21. The first kappa shape index (κ1) is 30.1. The van der Waals surface area contributed by atoms with E-state index in [1.54, 1.807) is 0 Å². The Kier molecular flexibility index (Phi) is 7.25. The van der Waals surface area contributed by atoms with Gasteiger partial charge in [0, 0.05) is 0 Å². The molecule has 0 saturated heterocycles. The van der Waals surface area contributed by atoms with Crippen LogP contribution in [0.5, 0.6) is 0 Å². The molecule has 0 aromatic heterocycles. The molecule has 10 aromatic carbocycles. The molecule has 242 valence electrons. The van der Waals surface area contributed by atoms with Gasteiger partial charge < -0.3 is 0 Å². The Morgan fingerprint density at radius 3 is 1.50 bits per heavy atom. The van der Waals surface area contributed by atoms with E-state index in [1.807, 2.05) is 0 Å². The molecule has 52 heavy (non-hydrogen) atoms. The number of fused-ring (bicyclic) bond motifs is 4. The van der Waals surface area contributed by atoms with Crippen LogP contribution in [0.4, 0.5) is 0 Å². The van der Waals surface area contributed by atoms with Crippen LogP contribution < -0.4 is 0 Å². The molecule has 0 unspecified atom stereocenters. The van der Waals surface area contributed by atoms with Gasteiger partial charge in [0.25, 0.3) is 0 Å². The van der Waals surface area contributed by atoms with Gasteiger partial charge in [0.15, 0.2) is 0 Å². The van der Waals surface area contributed by atoms with Crippen molar-refractivity contribution in [3.05, 3.63) is 206 Å². The van der Waals surface area contributed by atoms with Gasteiger partial charge in [-0.05, 0) is 105 Å². The summed E-state index contributed by atoms with van der Waals surface area (Å²) in [4.78, 5) is 0. The number of benzene rings is 10. The molecule has 0 fully saturated rings. The zero-order valence-corrected chi connectivity index (χ0v) is 28.6. The van der Waals surface area contributed by atoms with Crippen LogP contribution in [-0.4, -0.2) is 0 Å². The van der Waals surface area contributed by atoms with Crippen molar-refractivity contribution in [3.63, 3.8) is 0 Å². The molecule has 0 saturated carbocycles. The first-order chi connectivity index (χ1) is 25.8. The van der Waals surface area contributed by atoms with Crippen molar-refractivity contribution in [1.29, 1.82) is 0 Å². The van der Waals surface area contributed by atoms with Crippen LogP contribution in [0.3, 0.4) is 0 Å².